The van der Waals surface area contributed by atoms with E-state index in [1.54, 1.807) is 0 Å². The predicted molar refractivity (Wildman–Crippen MR) is 72.7 cm³/mol. The molecule has 0 bridgehead atoms. The number of pyridine rings is 1. The van der Waals surface area contributed by atoms with E-state index in [1.807, 2.05) is 0 Å². The number of aromatic nitrogens is 1. The molecule has 19 heavy (non-hydrogen) atoms. The van der Waals surface area contributed by atoms with Gasteiger partial charge in [-0.3, -0.25) is 4.79 Å². The summed E-state index contributed by atoms with van der Waals surface area (Å²) in [6.07, 6.45) is 1.42. The molecule has 1 unspecified atom stereocenters. The zero-order chi connectivity index (χ0) is 14.2. The number of rotatable bonds is 2. The Balaban J connectivity index is 2.47. The lowest BCUT2D eigenvalue weighted by Gasteiger charge is -2.31. The molecule has 1 aromatic rings. The maximum Gasteiger partial charge on any atom is 0.247 e. The first-order valence-electron chi connectivity index (χ1n) is 5.54. The van der Waals surface area contributed by atoms with Crippen molar-refractivity contribution in [2.45, 2.75) is 17.9 Å². The van der Waals surface area contributed by atoms with E-state index in [2.05, 4.69) is 26.2 Å². The van der Waals surface area contributed by atoms with Gasteiger partial charge in [-0.05, 0) is 28.9 Å². The van der Waals surface area contributed by atoms with Crippen LogP contribution >= 0.6 is 15.9 Å². The summed E-state index contributed by atoms with van der Waals surface area (Å²) in [7, 11) is -3.84. The van der Waals surface area contributed by atoms with Crippen molar-refractivity contribution in [1.29, 1.82) is 0 Å². The van der Waals surface area contributed by atoms with E-state index in [1.165, 1.54) is 19.2 Å². The highest BCUT2D eigenvalue weighted by Gasteiger charge is 2.36. The van der Waals surface area contributed by atoms with Crippen molar-refractivity contribution in [3.05, 3.63) is 16.7 Å². The van der Waals surface area contributed by atoms with Gasteiger partial charge in [0.05, 0.1) is 0 Å². The van der Waals surface area contributed by atoms with E-state index in [4.69, 9.17) is 5.73 Å². The summed E-state index contributed by atoms with van der Waals surface area (Å²) in [5.74, 6) is -0.405. The molecule has 1 atom stereocenters. The van der Waals surface area contributed by atoms with Crippen molar-refractivity contribution in [1.82, 2.24) is 14.6 Å². The second kappa shape index (κ2) is 5.06. The van der Waals surface area contributed by atoms with Crippen LogP contribution in [0.25, 0.3) is 0 Å². The van der Waals surface area contributed by atoms with Crippen LogP contribution < -0.4 is 11.1 Å². The Morgan fingerprint density at radius 2 is 2.26 bits per heavy atom. The van der Waals surface area contributed by atoms with Gasteiger partial charge in [-0.2, -0.15) is 4.31 Å². The first-order chi connectivity index (χ1) is 8.84. The fourth-order valence-electron chi connectivity index (χ4n) is 1.85. The fraction of sp³-hybridized carbons (Fsp3) is 0.400. The van der Waals surface area contributed by atoms with Crippen LogP contribution in [0.15, 0.2) is 21.6 Å². The van der Waals surface area contributed by atoms with Gasteiger partial charge in [0.15, 0.2) is 0 Å². The molecule has 1 fully saturated rings. The molecule has 1 amide bonds. The minimum Gasteiger partial charge on any atom is -0.383 e. The Bertz CT molecular complexity index is 619. The minimum absolute atomic E-state index is 0.0821. The Morgan fingerprint density at radius 3 is 2.95 bits per heavy atom. The summed E-state index contributed by atoms with van der Waals surface area (Å²) in [6.45, 7) is 2.03. The summed E-state index contributed by atoms with van der Waals surface area (Å²) in [5.41, 5.74) is 5.62. The van der Waals surface area contributed by atoms with Crippen molar-refractivity contribution >= 4 is 37.7 Å². The normalized spacial score (nSPS) is 21.2. The lowest BCUT2D eigenvalue weighted by molar-refractivity contribution is -0.126. The van der Waals surface area contributed by atoms with Crippen molar-refractivity contribution in [2.75, 3.05) is 18.8 Å². The van der Waals surface area contributed by atoms with E-state index in [0.717, 1.165) is 4.31 Å². The molecule has 1 aliphatic heterocycles. The smallest absolute Gasteiger partial charge is 0.247 e. The van der Waals surface area contributed by atoms with Crippen molar-refractivity contribution in [3.63, 3.8) is 0 Å². The molecule has 2 rings (SSSR count). The number of nitrogens with zero attached hydrogens (tertiary/aromatic N) is 2. The molecule has 2 heterocycles. The van der Waals surface area contributed by atoms with Gasteiger partial charge < -0.3 is 11.1 Å². The molecule has 0 spiro atoms. The Labute approximate surface area is 119 Å². The van der Waals surface area contributed by atoms with Gasteiger partial charge in [0, 0.05) is 23.8 Å². The van der Waals surface area contributed by atoms with Gasteiger partial charge in [0.25, 0.3) is 0 Å². The largest absolute Gasteiger partial charge is 0.383 e. The molecule has 3 N–H and O–H groups in total. The lowest BCUT2D eigenvalue weighted by atomic mass is 10.2. The van der Waals surface area contributed by atoms with E-state index < -0.39 is 16.1 Å². The third-order valence-electron chi connectivity index (χ3n) is 2.88. The van der Waals surface area contributed by atoms with E-state index in [0.29, 0.717) is 4.47 Å². The van der Waals surface area contributed by atoms with Gasteiger partial charge in [0.2, 0.25) is 15.9 Å². The number of carbonyl (C=O) groups is 1. The molecule has 0 aliphatic carbocycles. The number of sulfonamides is 1. The second-order valence-corrected chi connectivity index (χ2v) is 6.89. The fourth-order valence-corrected chi connectivity index (χ4v) is 4.03. The SMILES string of the molecule is CC1C(=O)NCCN1S(=O)(=O)c1cc(Br)cnc1N. The average Bonchev–Trinajstić information content (AvgIpc) is 2.35. The first-order valence-corrected chi connectivity index (χ1v) is 7.78. The zero-order valence-corrected chi connectivity index (χ0v) is 12.5. The minimum atomic E-state index is -3.84. The highest BCUT2D eigenvalue weighted by Crippen LogP contribution is 2.25. The molecule has 9 heteroatoms. The molecule has 0 aromatic carbocycles. The molecule has 104 valence electrons. The number of piperazine rings is 1. The van der Waals surface area contributed by atoms with Gasteiger partial charge in [-0.25, -0.2) is 13.4 Å². The topological polar surface area (TPSA) is 105 Å². The summed E-state index contributed by atoms with van der Waals surface area (Å²) < 4.78 is 26.7. The standard InChI is InChI=1S/C10H13BrN4O3S/c1-6-10(16)13-2-3-15(6)19(17,18)8-4-7(11)5-14-9(8)12/h4-6H,2-3H2,1H3,(H2,12,14)(H,13,16). The molecule has 1 aromatic heterocycles. The molecule has 0 radical (unpaired) electrons. The monoisotopic (exact) mass is 348 g/mol. The van der Waals surface area contributed by atoms with E-state index >= 15 is 0 Å². The van der Waals surface area contributed by atoms with Crippen molar-refractivity contribution in [3.8, 4) is 0 Å². The number of amides is 1. The van der Waals surface area contributed by atoms with Gasteiger partial charge in [-0.15, -0.1) is 0 Å². The van der Waals surface area contributed by atoms with Gasteiger partial charge >= 0.3 is 0 Å². The molecule has 7 nitrogen and oxygen atoms in total. The van der Waals surface area contributed by atoms with Gasteiger partial charge in [0.1, 0.15) is 16.8 Å². The number of nitrogen functional groups attached to an aromatic ring is 1. The third-order valence-corrected chi connectivity index (χ3v) is 5.31. The quantitative estimate of drug-likeness (QED) is 0.778. The summed E-state index contributed by atoms with van der Waals surface area (Å²) in [5, 5.41) is 2.61. The summed E-state index contributed by atoms with van der Waals surface area (Å²) in [6, 6.07) is 0.619. The van der Waals surface area contributed by atoms with E-state index in [-0.39, 0.29) is 29.7 Å². The van der Waals surface area contributed by atoms with Crippen LogP contribution in [0.2, 0.25) is 0 Å². The summed E-state index contributed by atoms with van der Waals surface area (Å²) >= 11 is 3.16. The molecule has 1 aliphatic rings. The van der Waals surface area contributed by atoms with Crippen LogP contribution in [0.5, 0.6) is 0 Å². The maximum absolute atomic E-state index is 12.5. The van der Waals surface area contributed by atoms with Crippen LogP contribution in [-0.2, 0) is 14.8 Å². The lowest BCUT2D eigenvalue weighted by Crippen LogP contribution is -2.55. The van der Waals surface area contributed by atoms with Crippen LogP contribution in [0, 0.1) is 0 Å². The Kier molecular flexibility index (Phi) is 3.79. The Hall–Kier alpha value is -1.19. The average molecular weight is 349 g/mol. The maximum atomic E-state index is 12.5. The highest BCUT2D eigenvalue weighted by atomic mass is 79.9. The zero-order valence-electron chi connectivity index (χ0n) is 10.1. The van der Waals surface area contributed by atoms with Crippen molar-refractivity contribution < 1.29 is 13.2 Å². The highest BCUT2D eigenvalue weighted by molar-refractivity contribution is 9.10. The van der Waals surface area contributed by atoms with Crippen molar-refractivity contribution in [2.24, 2.45) is 0 Å². The summed E-state index contributed by atoms with van der Waals surface area (Å²) in [4.78, 5) is 15.3. The van der Waals surface area contributed by atoms with Crippen LogP contribution in [0.4, 0.5) is 5.82 Å². The Morgan fingerprint density at radius 1 is 1.58 bits per heavy atom. The number of hydrogen-bond acceptors (Lipinski definition) is 5. The number of anilines is 1. The molecule has 0 saturated carbocycles. The first kappa shape index (κ1) is 14.2. The van der Waals surface area contributed by atoms with Gasteiger partial charge in [-0.1, -0.05) is 0 Å². The molecular formula is C10H13BrN4O3S. The third kappa shape index (κ3) is 2.58. The predicted octanol–water partition coefficient (Wildman–Crippen LogP) is -0.0647. The number of carbonyl (C=O) groups excluding carboxylic acids is 1. The number of nitrogens with two attached hydrogens (primary N) is 1. The number of halogens is 1. The van der Waals surface area contributed by atoms with Crippen LogP contribution in [-0.4, -0.2) is 42.7 Å². The van der Waals surface area contributed by atoms with E-state index in [9.17, 15) is 13.2 Å². The number of hydrogen-bond donors (Lipinski definition) is 2. The number of nitrogens with one attached hydrogen (secondary N) is 1. The molecular weight excluding hydrogens is 336 g/mol. The molecule has 1 saturated heterocycles. The van der Waals surface area contributed by atoms with Crippen LogP contribution in [0.3, 0.4) is 0 Å². The second-order valence-electron chi connectivity index (χ2n) is 4.12. The van der Waals surface area contributed by atoms with Crippen LogP contribution in [0.1, 0.15) is 6.92 Å².